The van der Waals surface area contributed by atoms with E-state index in [0.717, 1.165) is 11.0 Å². The molecule has 1 N–H and O–H groups in total. The molecule has 126 valence electrons. The summed E-state index contributed by atoms with van der Waals surface area (Å²) >= 11 is 5.88. The fourth-order valence-corrected chi connectivity index (χ4v) is 3.37. The van der Waals surface area contributed by atoms with Gasteiger partial charge in [-0.05, 0) is 38.0 Å². The van der Waals surface area contributed by atoms with Crippen LogP contribution in [0.3, 0.4) is 0 Å². The number of likely N-dealkylation sites (tertiary alicyclic amines) is 1. The fraction of sp³-hybridized carbons (Fsp3) is 0.353. The van der Waals surface area contributed by atoms with Crippen LogP contribution in [0.4, 0.5) is 10.1 Å². The number of carbonyl (C=O) groups is 3. The molecule has 0 radical (unpaired) electrons. The van der Waals surface area contributed by atoms with Crippen molar-refractivity contribution in [3.8, 4) is 0 Å². The van der Waals surface area contributed by atoms with Crippen LogP contribution in [0.15, 0.2) is 30.4 Å². The Bertz CT molecular complexity index is 723. The zero-order valence-electron chi connectivity index (χ0n) is 13.0. The van der Waals surface area contributed by atoms with Crippen molar-refractivity contribution in [2.45, 2.75) is 25.8 Å². The number of hydrogen-bond acceptors (Lipinski definition) is 3. The predicted octanol–water partition coefficient (Wildman–Crippen LogP) is 2.76. The van der Waals surface area contributed by atoms with E-state index in [1.54, 1.807) is 0 Å². The second-order valence-corrected chi connectivity index (χ2v) is 6.40. The molecule has 0 saturated carbocycles. The number of carbonyl (C=O) groups excluding carboxylic acids is 3. The van der Waals surface area contributed by atoms with Crippen molar-refractivity contribution in [3.63, 3.8) is 0 Å². The van der Waals surface area contributed by atoms with Gasteiger partial charge in [0.05, 0.1) is 22.5 Å². The lowest BCUT2D eigenvalue weighted by molar-refractivity contribution is -0.146. The SMILES string of the molecule is C[C@H](C(=O)Nc1ccc(F)cc1Cl)N1C(=O)[C@H]2CC=CC[C@H]2C1=O. The third-order valence-corrected chi connectivity index (χ3v) is 4.81. The van der Waals surface area contributed by atoms with Crippen molar-refractivity contribution in [1.82, 2.24) is 4.90 Å². The van der Waals surface area contributed by atoms with E-state index in [-0.39, 0.29) is 34.4 Å². The highest BCUT2D eigenvalue weighted by molar-refractivity contribution is 6.33. The van der Waals surface area contributed by atoms with Crippen molar-refractivity contribution in [1.29, 1.82) is 0 Å². The van der Waals surface area contributed by atoms with Crippen LogP contribution < -0.4 is 5.32 Å². The van der Waals surface area contributed by atoms with E-state index in [4.69, 9.17) is 11.6 Å². The van der Waals surface area contributed by atoms with Gasteiger partial charge in [-0.25, -0.2) is 4.39 Å². The summed E-state index contributed by atoms with van der Waals surface area (Å²) in [5.41, 5.74) is 0.230. The van der Waals surface area contributed by atoms with E-state index in [9.17, 15) is 18.8 Å². The molecule has 1 saturated heterocycles. The number of fused-ring (bicyclic) bond motifs is 1. The summed E-state index contributed by atoms with van der Waals surface area (Å²) in [6.45, 7) is 1.49. The van der Waals surface area contributed by atoms with E-state index in [1.807, 2.05) is 12.2 Å². The molecule has 0 unspecified atom stereocenters. The number of rotatable bonds is 3. The number of anilines is 1. The quantitative estimate of drug-likeness (QED) is 0.673. The molecule has 5 nitrogen and oxygen atoms in total. The normalized spacial score (nSPS) is 24.0. The largest absolute Gasteiger partial charge is 0.323 e. The van der Waals surface area contributed by atoms with Crippen molar-refractivity contribution < 1.29 is 18.8 Å². The highest BCUT2D eigenvalue weighted by atomic mass is 35.5. The van der Waals surface area contributed by atoms with E-state index in [0.29, 0.717) is 12.8 Å². The Morgan fingerprint density at radius 3 is 2.38 bits per heavy atom. The number of nitrogens with zero attached hydrogens (tertiary/aromatic N) is 1. The van der Waals surface area contributed by atoms with Crippen molar-refractivity contribution in [2.24, 2.45) is 11.8 Å². The standard InChI is InChI=1S/C17H16ClFN2O3/c1-9(15(22)20-14-7-6-10(19)8-13(14)18)21-16(23)11-4-2-3-5-12(11)17(21)24/h2-3,6-9,11-12H,4-5H2,1H3,(H,20,22)/t9-,11-,12+/m1/s1. The van der Waals surface area contributed by atoms with Crippen LogP contribution in [0.2, 0.25) is 5.02 Å². The molecule has 0 aromatic heterocycles. The molecule has 1 heterocycles. The summed E-state index contributed by atoms with van der Waals surface area (Å²) in [5, 5.41) is 2.59. The molecular weight excluding hydrogens is 335 g/mol. The van der Waals surface area contributed by atoms with Crippen LogP contribution in [0.25, 0.3) is 0 Å². The van der Waals surface area contributed by atoms with Gasteiger partial charge in [-0.15, -0.1) is 0 Å². The number of amides is 3. The predicted molar refractivity (Wildman–Crippen MR) is 86.7 cm³/mol. The number of allylic oxidation sites excluding steroid dienone is 2. The summed E-state index contributed by atoms with van der Waals surface area (Å²) in [6, 6.07) is 2.61. The molecule has 24 heavy (non-hydrogen) atoms. The Balaban J connectivity index is 1.76. The Hall–Kier alpha value is -2.21. The third-order valence-electron chi connectivity index (χ3n) is 4.50. The second-order valence-electron chi connectivity index (χ2n) is 5.99. The van der Waals surface area contributed by atoms with Crippen LogP contribution in [-0.2, 0) is 14.4 Å². The smallest absolute Gasteiger partial charge is 0.247 e. The lowest BCUT2D eigenvalue weighted by Crippen LogP contribution is -2.46. The summed E-state index contributed by atoms with van der Waals surface area (Å²) in [7, 11) is 0. The molecule has 1 aromatic carbocycles. The van der Waals surface area contributed by atoms with Gasteiger partial charge < -0.3 is 5.32 Å². The molecule has 1 aliphatic carbocycles. The van der Waals surface area contributed by atoms with Gasteiger partial charge in [0.25, 0.3) is 0 Å². The number of benzene rings is 1. The minimum Gasteiger partial charge on any atom is -0.323 e. The Morgan fingerprint density at radius 1 is 1.25 bits per heavy atom. The number of halogens is 2. The minimum atomic E-state index is -0.961. The molecule has 3 rings (SSSR count). The van der Waals surface area contributed by atoms with Gasteiger partial charge in [-0.1, -0.05) is 23.8 Å². The van der Waals surface area contributed by atoms with E-state index < -0.39 is 17.8 Å². The molecule has 1 aliphatic heterocycles. The average molecular weight is 351 g/mol. The first kappa shape index (κ1) is 16.6. The van der Waals surface area contributed by atoms with Crippen molar-refractivity contribution in [2.75, 3.05) is 5.32 Å². The van der Waals surface area contributed by atoms with Crippen LogP contribution in [0.5, 0.6) is 0 Å². The van der Waals surface area contributed by atoms with Gasteiger partial charge in [-0.3, -0.25) is 19.3 Å². The highest BCUT2D eigenvalue weighted by Gasteiger charge is 2.50. The van der Waals surface area contributed by atoms with Crippen LogP contribution in [0.1, 0.15) is 19.8 Å². The average Bonchev–Trinajstić information content (AvgIpc) is 2.81. The molecule has 0 spiro atoms. The van der Waals surface area contributed by atoms with Crippen molar-refractivity contribution >= 4 is 35.0 Å². The topological polar surface area (TPSA) is 66.5 Å². The van der Waals surface area contributed by atoms with Gasteiger partial charge in [-0.2, -0.15) is 0 Å². The van der Waals surface area contributed by atoms with E-state index in [1.165, 1.54) is 19.1 Å². The summed E-state index contributed by atoms with van der Waals surface area (Å²) < 4.78 is 13.1. The highest BCUT2D eigenvalue weighted by Crippen LogP contribution is 2.36. The molecule has 7 heteroatoms. The van der Waals surface area contributed by atoms with E-state index in [2.05, 4.69) is 5.32 Å². The van der Waals surface area contributed by atoms with Crippen LogP contribution in [-0.4, -0.2) is 28.7 Å². The maximum absolute atomic E-state index is 13.1. The van der Waals surface area contributed by atoms with Gasteiger partial charge in [0.2, 0.25) is 17.7 Å². The first-order chi connectivity index (χ1) is 11.4. The molecule has 0 bridgehead atoms. The molecule has 3 amide bonds. The van der Waals surface area contributed by atoms with Crippen LogP contribution in [0, 0.1) is 17.7 Å². The van der Waals surface area contributed by atoms with Crippen molar-refractivity contribution in [3.05, 3.63) is 41.2 Å². The Morgan fingerprint density at radius 2 is 1.83 bits per heavy atom. The zero-order valence-corrected chi connectivity index (χ0v) is 13.7. The Labute approximate surface area is 143 Å². The minimum absolute atomic E-state index is 0.0486. The first-order valence-corrected chi connectivity index (χ1v) is 8.05. The van der Waals surface area contributed by atoms with Gasteiger partial charge >= 0.3 is 0 Å². The van der Waals surface area contributed by atoms with Gasteiger partial charge in [0.1, 0.15) is 11.9 Å². The maximum atomic E-state index is 13.1. The number of nitrogens with one attached hydrogen (secondary N) is 1. The molecule has 1 fully saturated rings. The second kappa shape index (κ2) is 6.36. The Kier molecular flexibility index (Phi) is 4.41. The molecule has 2 aliphatic rings. The third kappa shape index (κ3) is 2.82. The number of hydrogen-bond donors (Lipinski definition) is 1. The maximum Gasteiger partial charge on any atom is 0.247 e. The lowest BCUT2D eigenvalue weighted by Gasteiger charge is -2.22. The van der Waals surface area contributed by atoms with Gasteiger partial charge in [0.15, 0.2) is 0 Å². The fourth-order valence-electron chi connectivity index (χ4n) is 3.15. The summed E-state index contributed by atoms with van der Waals surface area (Å²) in [4.78, 5) is 38.4. The number of imide groups is 1. The summed E-state index contributed by atoms with van der Waals surface area (Å²) in [6.07, 6.45) is 4.81. The lowest BCUT2D eigenvalue weighted by atomic mass is 9.85. The van der Waals surface area contributed by atoms with Gasteiger partial charge in [0, 0.05) is 0 Å². The monoisotopic (exact) mass is 350 g/mol. The summed E-state index contributed by atoms with van der Waals surface area (Å²) in [5.74, 6) is -2.46. The molecular formula is C17H16ClFN2O3. The first-order valence-electron chi connectivity index (χ1n) is 7.68. The molecule has 3 atom stereocenters. The van der Waals surface area contributed by atoms with Crippen LogP contribution >= 0.6 is 11.6 Å². The molecule has 1 aromatic rings. The zero-order chi connectivity index (χ0) is 17.4. The van der Waals surface area contributed by atoms with E-state index >= 15 is 0 Å².